The van der Waals surface area contributed by atoms with Gasteiger partial charge in [0.15, 0.2) is 11.6 Å². The van der Waals surface area contributed by atoms with E-state index in [1.54, 1.807) is 6.07 Å². The lowest BCUT2D eigenvalue weighted by atomic mass is 10.00. The van der Waals surface area contributed by atoms with Gasteiger partial charge in [0.1, 0.15) is 0 Å². The molecule has 0 radical (unpaired) electrons. The Morgan fingerprint density at radius 3 is 2.57 bits per heavy atom. The van der Waals surface area contributed by atoms with Crippen molar-refractivity contribution in [2.75, 3.05) is 7.11 Å². The van der Waals surface area contributed by atoms with Crippen molar-refractivity contribution in [2.24, 2.45) is 0 Å². The summed E-state index contributed by atoms with van der Waals surface area (Å²) < 4.78 is 18.3. The molecule has 1 fully saturated rings. The van der Waals surface area contributed by atoms with Crippen LogP contribution in [0, 0.1) is 12.7 Å². The summed E-state index contributed by atoms with van der Waals surface area (Å²) in [6, 6.07) is 3.03. The van der Waals surface area contributed by atoms with Gasteiger partial charge in [-0.3, -0.25) is 0 Å². The number of hydrogen-bond acceptors (Lipinski definition) is 2. The molecule has 0 amide bonds. The van der Waals surface area contributed by atoms with Gasteiger partial charge in [-0.1, -0.05) is 6.07 Å². The Morgan fingerprint density at radius 2 is 2.07 bits per heavy atom. The molecule has 1 aliphatic rings. The zero-order valence-corrected chi connectivity index (χ0v) is 8.30. The Hall–Kier alpha value is -1.09. The van der Waals surface area contributed by atoms with Crippen LogP contribution in [0.3, 0.4) is 0 Å². The molecule has 1 aromatic carbocycles. The highest BCUT2D eigenvalue weighted by atomic mass is 19.1. The van der Waals surface area contributed by atoms with E-state index in [9.17, 15) is 9.50 Å². The topological polar surface area (TPSA) is 29.5 Å². The van der Waals surface area contributed by atoms with Crippen LogP contribution >= 0.6 is 0 Å². The minimum atomic E-state index is -0.850. The average molecular weight is 196 g/mol. The lowest BCUT2D eigenvalue weighted by molar-refractivity contribution is 0.145. The molecule has 0 aliphatic heterocycles. The van der Waals surface area contributed by atoms with Crippen molar-refractivity contribution in [2.45, 2.75) is 25.4 Å². The second-order valence-corrected chi connectivity index (χ2v) is 3.80. The first kappa shape index (κ1) is 9.46. The predicted molar refractivity (Wildman–Crippen MR) is 50.8 cm³/mol. The summed E-state index contributed by atoms with van der Waals surface area (Å²) in [7, 11) is 1.42. The van der Waals surface area contributed by atoms with Crippen LogP contribution in [0.2, 0.25) is 0 Å². The number of rotatable bonds is 2. The van der Waals surface area contributed by atoms with E-state index in [1.165, 1.54) is 13.2 Å². The Morgan fingerprint density at radius 1 is 1.43 bits per heavy atom. The standard InChI is InChI=1S/C11H13FO2/c1-7-3-4-8(12)10(14-2)9(7)11(13)5-6-11/h3-4,13H,5-6H2,1-2H3. The molecule has 0 atom stereocenters. The third-order valence-corrected chi connectivity index (χ3v) is 2.71. The molecule has 1 aromatic rings. The first-order valence-electron chi connectivity index (χ1n) is 4.64. The van der Waals surface area contributed by atoms with Crippen LogP contribution in [0.25, 0.3) is 0 Å². The summed E-state index contributed by atoms with van der Waals surface area (Å²) in [6.45, 7) is 1.85. The quantitative estimate of drug-likeness (QED) is 0.785. The van der Waals surface area contributed by atoms with Crippen LogP contribution in [-0.4, -0.2) is 12.2 Å². The maximum atomic E-state index is 13.4. The molecular formula is C11H13FO2. The summed E-state index contributed by atoms with van der Waals surface area (Å²) in [6.07, 6.45) is 1.38. The van der Waals surface area contributed by atoms with Crippen molar-refractivity contribution in [3.8, 4) is 5.75 Å². The molecule has 2 rings (SSSR count). The van der Waals surface area contributed by atoms with Gasteiger partial charge >= 0.3 is 0 Å². The minimum absolute atomic E-state index is 0.185. The van der Waals surface area contributed by atoms with Gasteiger partial charge in [0.25, 0.3) is 0 Å². The van der Waals surface area contributed by atoms with Gasteiger partial charge in [0.2, 0.25) is 0 Å². The molecule has 76 valence electrons. The van der Waals surface area contributed by atoms with Crippen LogP contribution < -0.4 is 4.74 Å². The van der Waals surface area contributed by atoms with E-state index in [2.05, 4.69) is 0 Å². The predicted octanol–water partition coefficient (Wildman–Crippen LogP) is 2.12. The van der Waals surface area contributed by atoms with E-state index in [4.69, 9.17) is 4.74 Å². The summed E-state index contributed by atoms with van der Waals surface area (Å²) in [5.41, 5.74) is 0.639. The molecule has 3 heteroatoms. The van der Waals surface area contributed by atoms with Crippen molar-refractivity contribution in [3.63, 3.8) is 0 Å². The van der Waals surface area contributed by atoms with Crippen molar-refractivity contribution in [1.29, 1.82) is 0 Å². The first-order valence-corrected chi connectivity index (χ1v) is 4.64. The Balaban J connectivity index is 2.60. The van der Waals surface area contributed by atoms with E-state index in [0.717, 1.165) is 5.56 Å². The van der Waals surface area contributed by atoms with Crippen LogP contribution in [0.1, 0.15) is 24.0 Å². The summed E-state index contributed by atoms with van der Waals surface area (Å²) in [4.78, 5) is 0. The zero-order valence-electron chi connectivity index (χ0n) is 8.30. The van der Waals surface area contributed by atoms with Crippen LogP contribution in [-0.2, 0) is 5.60 Å². The van der Waals surface area contributed by atoms with Crippen molar-refractivity contribution < 1.29 is 14.2 Å². The van der Waals surface area contributed by atoms with Crippen molar-refractivity contribution in [1.82, 2.24) is 0 Å². The third kappa shape index (κ3) is 1.28. The Bertz CT molecular complexity index is 370. The molecule has 0 aromatic heterocycles. The molecule has 0 spiro atoms. The van der Waals surface area contributed by atoms with Crippen molar-refractivity contribution in [3.05, 3.63) is 29.1 Å². The van der Waals surface area contributed by atoms with Crippen LogP contribution in [0.4, 0.5) is 4.39 Å². The monoisotopic (exact) mass is 196 g/mol. The number of methoxy groups -OCH3 is 1. The maximum absolute atomic E-state index is 13.4. The molecule has 0 unspecified atom stereocenters. The fourth-order valence-corrected chi connectivity index (χ4v) is 1.80. The number of hydrogen-bond donors (Lipinski definition) is 1. The average Bonchev–Trinajstić information content (AvgIpc) is 2.88. The van der Waals surface area contributed by atoms with E-state index in [-0.39, 0.29) is 5.75 Å². The highest BCUT2D eigenvalue weighted by Gasteiger charge is 2.45. The summed E-state index contributed by atoms with van der Waals surface area (Å²) in [5, 5.41) is 9.97. The molecule has 0 bridgehead atoms. The van der Waals surface area contributed by atoms with Crippen LogP contribution in [0.15, 0.2) is 12.1 Å². The van der Waals surface area contributed by atoms with E-state index in [0.29, 0.717) is 18.4 Å². The summed E-state index contributed by atoms with van der Waals surface area (Å²) in [5.74, 6) is -0.224. The fourth-order valence-electron chi connectivity index (χ4n) is 1.80. The lowest BCUT2D eigenvalue weighted by Gasteiger charge is -2.16. The molecule has 0 heterocycles. The molecule has 0 saturated heterocycles. The number of aliphatic hydroxyl groups is 1. The normalized spacial score (nSPS) is 18.0. The first-order chi connectivity index (χ1) is 6.58. The van der Waals surface area contributed by atoms with Crippen molar-refractivity contribution >= 4 is 0 Å². The van der Waals surface area contributed by atoms with E-state index < -0.39 is 11.4 Å². The molecule has 14 heavy (non-hydrogen) atoms. The maximum Gasteiger partial charge on any atom is 0.165 e. The Labute approximate surface area is 82.3 Å². The molecular weight excluding hydrogens is 183 g/mol. The SMILES string of the molecule is COc1c(F)ccc(C)c1C1(O)CC1. The van der Waals surface area contributed by atoms with E-state index >= 15 is 0 Å². The van der Waals surface area contributed by atoms with Gasteiger partial charge in [0, 0.05) is 5.56 Å². The zero-order chi connectivity index (χ0) is 10.3. The molecule has 1 aliphatic carbocycles. The van der Waals surface area contributed by atoms with Gasteiger partial charge < -0.3 is 9.84 Å². The van der Waals surface area contributed by atoms with Gasteiger partial charge in [-0.2, -0.15) is 0 Å². The second-order valence-electron chi connectivity index (χ2n) is 3.80. The number of halogens is 1. The smallest absolute Gasteiger partial charge is 0.165 e. The number of ether oxygens (including phenoxy) is 1. The second kappa shape index (κ2) is 2.95. The Kier molecular flexibility index (Phi) is 2.00. The fraction of sp³-hybridized carbons (Fsp3) is 0.455. The van der Waals surface area contributed by atoms with Gasteiger partial charge in [0.05, 0.1) is 12.7 Å². The number of benzene rings is 1. The van der Waals surface area contributed by atoms with Gasteiger partial charge in [-0.05, 0) is 31.4 Å². The summed E-state index contributed by atoms with van der Waals surface area (Å²) >= 11 is 0. The van der Waals surface area contributed by atoms with Crippen LogP contribution in [0.5, 0.6) is 5.75 Å². The van der Waals surface area contributed by atoms with E-state index in [1.807, 2.05) is 6.92 Å². The van der Waals surface area contributed by atoms with Gasteiger partial charge in [-0.25, -0.2) is 4.39 Å². The highest BCUT2D eigenvalue weighted by Crippen LogP contribution is 2.50. The number of aryl methyl sites for hydroxylation is 1. The minimum Gasteiger partial charge on any atom is -0.493 e. The largest absolute Gasteiger partial charge is 0.493 e. The molecule has 2 nitrogen and oxygen atoms in total. The highest BCUT2D eigenvalue weighted by molar-refractivity contribution is 5.47. The lowest BCUT2D eigenvalue weighted by Crippen LogP contribution is -2.10. The molecule has 1 N–H and O–H groups in total. The molecule has 1 saturated carbocycles. The third-order valence-electron chi connectivity index (χ3n) is 2.71. The van der Waals surface area contributed by atoms with Gasteiger partial charge in [-0.15, -0.1) is 0 Å².